The molecule has 0 bridgehead atoms. The largest absolute Gasteiger partial charge is 0.395 e. The molecule has 4 nitrogen and oxygen atoms in total. The number of amidine groups is 1. The number of halogens is 1. The van der Waals surface area contributed by atoms with Gasteiger partial charge >= 0.3 is 0 Å². The third kappa shape index (κ3) is 2.87. The van der Waals surface area contributed by atoms with Gasteiger partial charge in [0.1, 0.15) is 5.84 Å². The number of aliphatic hydroxyl groups is 1. The number of hydrogen-bond acceptors (Lipinski definition) is 3. The number of hydrogen-bond donors (Lipinski definition) is 3. The molecule has 0 fully saturated rings. The van der Waals surface area contributed by atoms with Crippen LogP contribution >= 0.6 is 11.6 Å². The molecular weight excluding hydrogens is 226 g/mol. The Morgan fingerprint density at radius 3 is 2.69 bits per heavy atom. The Balaban J connectivity index is 3.01. The highest BCUT2D eigenvalue weighted by Crippen LogP contribution is 2.26. The Morgan fingerprint density at radius 2 is 2.25 bits per heavy atom. The lowest BCUT2D eigenvalue weighted by molar-refractivity contribution is 0.302. The summed E-state index contributed by atoms with van der Waals surface area (Å²) in [6.45, 7) is 3.37. The van der Waals surface area contributed by atoms with Gasteiger partial charge in [-0.3, -0.25) is 5.41 Å². The first-order valence-corrected chi connectivity index (χ1v) is 5.47. The summed E-state index contributed by atoms with van der Waals surface area (Å²) in [6, 6.07) is 5.24. The van der Waals surface area contributed by atoms with Crippen molar-refractivity contribution in [3.63, 3.8) is 0 Å². The van der Waals surface area contributed by atoms with Crippen LogP contribution in [0.1, 0.15) is 12.5 Å². The minimum Gasteiger partial charge on any atom is -0.395 e. The van der Waals surface area contributed by atoms with Crippen molar-refractivity contribution in [2.45, 2.75) is 6.92 Å². The van der Waals surface area contributed by atoms with Gasteiger partial charge in [-0.15, -0.1) is 0 Å². The normalized spacial score (nSPS) is 10.2. The average Bonchev–Trinajstić information content (AvgIpc) is 2.26. The van der Waals surface area contributed by atoms with Gasteiger partial charge < -0.3 is 15.7 Å². The monoisotopic (exact) mass is 241 g/mol. The molecule has 0 saturated carbocycles. The van der Waals surface area contributed by atoms with Crippen LogP contribution in [-0.2, 0) is 0 Å². The lowest BCUT2D eigenvalue weighted by Crippen LogP contribution is -2.26. The first-order valence-electron chi connectivity index (χ1n) is 5.10. The van der Waals surface area contributed by atoms with Crippen molar-refractivity contribution < 1.29 is 5.11 Å². The molecule has 5 heteroatoms. The van der Waals surface area contributed by atoms with E-state index in [4.69, 9.17) is 27.9 Å². The van der Waals surface area contributed by atoms with E-state index in [1.54, 1.807) is 12.1 Å². The summed E-state index contributed by atoms with van der Waals surface area (Å²) < 4.78 is 0. The SMILES string of the molecule is CCN(CCO)c1ccc(C(=N)N)cc1Cl. The number of nitrogens with zero attached hydrogens (tertiary/aromatic N) is 1. The summed E-state index contributed by atoms with van der Waals surface area (Å²) in [4.78, 5) is 1.96. The van der Waals surface area contributed by atoms with E-state index in [-0.39, 0.29) is 12.4 Å². The molecule has 0 aliphatic carbocycles. The molecule has 16 heavy (non-hydrogen) atoms. The topological polar surface area (TPSA) is 73.3 Å². The maximum absolute atomic E-state index is 8.92. The molecule has 1 rings (SSSR count). The number of anilines is 1. The fourth-order valence-corrected chi connectivity index (χ4v) is 1.80. The first-order chi connectivity index (χ1) is 7.60. The number of likely N-dealkylation sites (N-methyl/N-ethyl adjacent to an activating group) is 1. The van der Waals surface area contributed by atoms with Crippen LogP contribution in [0, 0.1) is 5.41 Å². The number of nitrogen functional groups attached to an aromatic ring is 1. The molecule has 0 aliphatic rings. The molecule has 0 saturated heterocycles. The lowest BCUT2D eigenvalue weighted by atomic mass is 10.2. The van der Waals surface area contributed by atoms with Crippen LogP contribution in [0.15, 0.2) is 18.2 Å². The quantitative estimate of drug-likeness (QED) is 0.540. The Hall–Kier alpha value is -1.26. The zero-order valence-electron chi connectivity index (χ0n) is 9.20. The van der Waals surface area contributed by atoms with Crippen molar-refractivity contribution in [3.8, 4) is 0 Å². The Labute approximate surface area is 100 Å². The van der Waals surface area contributed by atoms with Gasteiger partial charge in [0.2, 0.25) is 0 Å². The second-order valence-electron chi connectivity index (χ2n) is 3.38. The van der Waals surface area contributed by atoms with E-state index in [1.165, 1.54) is 0 Å². The molecule has 4 N–H and O–H groups in total. The highest BCUT2D eigenvalue weighted by molar-refractivity contribution is 6.33. The average molecular weight is 242 g/mol. The Kier molecular flexibility index (Phi) is 4.58. The van der Waals surface area contributed by atoms with E-state index < -0.39 is 0 Å². The smallest absolute Gasteiger partial charge is 0.122 e. The van der Waals surface area contributed by atoms with Crippen LogP contribution in [-0.4, -0.2) is 30.6 Å². The molecule has 1 aromatic rings. The van der Waals surface area contributed by atoms with Crippen LogP contribution < -0.4 is 10.6 Å². The van der Waals surface area contributed by atoms with Crippen molar-refractivity contribution in [3.05, 3.63) is 28.8 Å². The third-order valence-electron chi connectivity index (χ3n) is 2.35. The van der Waals surface area contributed by atoms with E-state index in [1.807, 2.05) is 17.9 Å². The molecule has 0 aliphatic heterocycles. The molecule has 0 spiro atoms. The van der Waals surface area contributed by atoms with E-state index in [2.05, 4.69) is 0 Å². The number of rotatable bonds is 5. The van der Waals surface area contributed by atoms with Crippen molar-refractivity contribution in [2.75, 3.05) is 24.6 Å². The van der Waals surface area contributed by atoms with Crippen LogP contribution in [0.4, 0.5) is 5.69 Å². The molecule has 1 aromatic carbocycles. The summed E-state index contributed by atoms with van der Waals surface area (Å²) in [5.41, 5.74) is 6.83. The molecule has 0 unspecified atom stereocenters. The number of aliphatic hydroxyl groups excluding tert-OH is 1. The summed E-state index contributed by atoms with van der Waals surface area (Å²) in [5.74, 6) is -0.00124. The zero-order valence-corrected chi connectivity index (χ0v) is 9.96. The molecule has 0 radical (unpaired) electrons. The van der Waals surface area contributed by atoms with Gasteiger partial charge in [-0.1, -0.05) is 11.6 Å². The van der Waals surface area contributed by atoms with Gasteiger partial charge in [0.15, 0.2) is 0 Å². The van der Waals surface area contributed by atoms with Gasteiger partial charge in [0.25, 0.3) is 0 Å². The predicted octanol–water partition coefficient (Wildman–Crippen LogP) is 1.44. The van der Waals surface area contributed by atoms with Gasteiger partial charge in [-0.2, -0.15) is 0 Å². The summed E-state index contributed by atoms with van der Waals surface area (Å²) in [6.07, 6.45) is 0. The van der Waals surface area contributed by atoms with Crippen LogP contribution in [0.5, 0.6) is 0 Å². The fraction of sp³-hybridized carbons (Fsp3) is 0.364. The maximum Gasteiger partial charge on any atom is 0.122 e. The minimum absolute atomic E-state index is 0.00124. The summed E-state index contributed by atoms with van der Waals surface area (Å²) in [5, 5.41) is 16.8. The van der Waals surface area contributed by atoms with Crippen LogP contribution in [0.3, 0.4) is 0 Å². The highest BCUT2D eigenvalue weighted by atomic mass is 35.5. The zero-order chi connectivity index (χ0) is 12.1. The molecule has 0 heterocycles. The number of nitrogens with two attached hydrogens (primary N) is 1. The van der Waals surface area contributed by atoms with Gasteiger partial charge in [0.05, 0.1) is 17.3 Å². The molecule has 0 amide bonds. The van der Waals surface area contributed by atoms with E-state index in [0.717, 1.165) is 12.2 Å². The fourth-order valence-electron chi connectivity index (χ4n) is 1.50. The lowest BCUT2D eigenvalue weighted by Gasteiger charge is -2.23. The van der Waals surface area contributed by atoms with Crippen LogP contribution in [0.25, 0.3) is 0 Å². The van der Waals surface area contributed by atoms with Crippen molar-refractivity contribution in [1.82, 2.24) is 0 Å². The standard InChI is InChI=1S/C11H16ClN3O/c1-2-15(5-6-16)10-4-3-8(11(13)14)7-9(10)12/h3-4,7,16H,2,5-6H2,1H3,(H3,13,14). The minimum atomic E-state index is -0.00124. The number of benzene rings is 1. The van der Waals surface area contributed by atoms with Crippen LogP contribution in [0.2, 0.25) is 5.02 Å². The Bertz CT molecular complexity index is 381. The van der Waals surface area contributed by atoms with E-state index in [0.29, 0.717) is 17.1 Å². The third-order valence-corrected chi connectivity index (χ3v) is 2.65. The first kappa shape index (κ1) is 12.8. The van der Waals surface area contributed by atoms with Crippen molar-refractivity contribution in [1.29, 1.82) is 5.41 Å². The van der Waals surface area contributed by atoms with E-state index >= 15 is 0 Å². The summed E-state index contributed by atoms with van der Waals surface area (Å²) in [7, 11) is 0. The van der Waals surface area contributed by atoms with Gasteiger partial charge in [-0.25, -0.2) is 0 Å². The van der Waals surface area contributed by atoms with E-state index in [9.17, 15) is 0 Å². The maximum atomic E-state index is 8.92. The van der Waals surface area contributed by atoms with Crippen molar-refractivity contribution >= 4 is 23.1 Å². The molecule has 88 valence electrons. The van der Waals surface area contributed by atoms with Crippen molar-refractivity contribution in [2.24, 2.45) is 5.73 Å². The summed E-state index contributed by atoms with van der Waals surface area (Å²) >= 11 is 6.11. The van der Waals surface area contributed by atoms with Gasteiger partial charge in [-0.05, 0) is 25.1 Å². The van der Waals surface area contributed by atoms with Gasteiger partial charge in [0, 0.05) is 18.7 Å². The second-order valence-corrected chi connectivity index (χ2v) is 3.79. The molecular formula is C11H16ClN3O. The molecule has 0 aromatic heterocycles. The number of nitrogens with one attached hydrogen (secondary N) is 1. The highest BCUT2D eigenvalue weighted by Gasteiger charge is 2.09. The predicted molar refractivity (Wildman–Crippen MR) is 67.4 cm³/mol. The second kappa shape index (κ2) is 5.72. The Morgan fingerprint density at radius 1 is 1.56 bits per heavy atom. The molecule has 0 atom stereocenters.